The van der Waals surface area contributed by atoms with Gasteiger partial charge < -0.3 is 10.1 Å². The first kappa shape index (κ1) is 10.4. The zero-order valence-electron chi connectivity index (χ0n) is 8.50. The standard InChI is InChI=1S/C9H13N3O2/c1-4-7(13)12-8-6(2)10-5-11-9(8)14-3/h5H,4H2,1-3H3,(H,12,13). The fourth-order valence-electron chi connectivity index (χ4n) is 0.978. The van der Waals surface area contributed by atoms with Gasteiger partial charge in [-0.1, -0.05) is 6.92 Å². The highest BCUT2D eigenvalue weighted by atomic mass is 16.5. The summed E-state index contributed by atoms with van der Waals surface area (Å²) in [5.41, 5.74) is 1.24. The van der Waals surface area contributed by atoms with E-state index in [0.717, 1.165) is 0 Å². The van der Waals surface area contributed by atoms with Crippen molar-refractivity contribution in [3.63, 3.8) is 0 Å². The van der Waals surface area contributed by atoms with Crippen LogP contribution in [0.15, 0.2) is 6.33 Å². The number of aromatic nitrogens is 2. The van der Waals surface area contributed by atoms with E-state index in [0.29, 0.717) is 23.7 Å². The van der Waals surface area contributed by atoms with Gasteiger partial charge in [-0.25, -0.2) is 4.98 Å². The molecule has 1 heterocycles. The largest absolute Gasteiger partial charge is 0.479 e. The van der Waals surface area contributed by atoms with Crippen molar-refractivity contribution in [2.75, 3.05) is 12.4 Å². The van der Waals surface area contributed by atoms with Crippen molar-refractivity contribution >= 4 is 11.6 Å². The Labute approximate surface area is 82.5 Å². The quantitative estimate of drug-likeness (QED) is 0.785. The summed E-state index contributed by atoms with van der Waals surface area (Å²) in [6, 6.07) is 0. The lowest BCUT2D eigenvalue weighted by Gasteiger charge is -2.09. The Balaban J connectivity index is 2.98. The van der Waals surface area contributed by atoms with Gasteiger partial charge in [0.1, 0.15) is 12.0 Å². The first-order valence-electron chi connectivity index (χ1n) is 4.34. The van der Waals surface area contributed by atoms with Crippen LogP contribution in [0.5, 0.6) is 5.88 Å². The summed E-state index contributed by atoms with van der Waals surface area (Å²) in [6.45, 7) is 3.57. The van der Waals surface area contributed by atoms with E-state index in [1.807, 2.05) is 0 Å². The van der Waals surface area contributed by atoms with Crippen LogP contribution in [-0.2, 0) is 4.79 Å². The van der Waals surface area contributed by atoms with Crippen molar-refractivity contribution in [1.82, 2.24) is 9.97 Å². The van der Waals surface area contributed by atoms with Crippen molar-refractivity contribution in [3.8, 4) is 5.88 Å². The molecule has 76 valence electrons. The average molecular weight is 195 g/mol. The van der Waals surface area contributed by atoms with Gasteiger partial charge in [0.2, 0.25) is 11.8 Å². The maximum atomic E-state index is 11.2. The van der Waals surface area contributed by atoms with E-state index in [9.17, 15) is 4.79 Å². The Morgan fingerprint density at radius 2 is 2.29 bits per heavy atom. The topological polar surface area (TPSA) is 64.1 Å². The molecule has 0 bridgehead atoms. The van der Waals surface area contributed by atoms with E-state index in [4.69, 9.17) is 4.74 Å². The van der Waals surface area contributed by atoms with Gasteiger partial charge in [0.15, 0.2) is 0 Å². The fraction of sp³-hybridized carbons (Fsp3) is 0.444. The van der Waals surface area contributed by atoms with E-state index in [1.165, 1.54) is 13.4 Å². The predicted octanol–water partition coefficient (Wildman–Crippen LogP) is 1.14. The van der Waals surface area contributed by atoms with Crippen molar-refractivity contribution in [2.24, 2.45) is 0 Å². The molecule has 14 heavy (non-hydrogen) atoms. The van der Waals surface area contributed by atoms with Crippen LogP contribution in [0.1, 0.15) is 19.0 Å². The zero-order valence-corrected chi connectivity index (χ0v) is 8.50. The molecule has 1 amide bonds. The van der Waals surface area contributed by atoms with Crippen LogP contribution < -0.4 is 10.1 Å². The Bertz CT molecular complexity index is 339. The number of nitrogens with one attached hydrogen (secondary N) is 1. The number of hydrogen-bond donors (Lipinski definition) is 1. The molecule has 5 nitrogen and oxygen atoms in total. The van der Waals surface area contributed by atoms with Gasteiger partial charge in [0.25, 0.3) is 0 Å². The van der Waals surface area contributed by atoms with Crippen LogP contribution >= 0.6 is 0 Å². The van der Waals surface area contributed by atoms with E-state index >= 15 is 0 Å². The molecule has 0 aliphatic rings. The molecular weight excluding hydrogens is 182 g/mol. The second kappa shape index (κ2) is 4.55. The molecule has 0 fully saturated rings. The van der Waals surface area contributed by atoms with Gasteiger partial charge in [0, 0.05) is 6.42 Å². The summed E-state index contributed by atoms with van der Waals surface area (Å²) in [5.74, 6) is 0.306. The van der Waals surface area contributed by atoms with E-state index in [2.05, 4.69) is 15.3 Å². The first-order valence-corrected chi connectivity index (χ1v) is 4.34. The third-order valence-corrected chi connectivity index (χ3v) is 1.78. The Morgan fingerprint density at radius 3 is 2.86 bits per heavy atom. The highest BCUT2D eigenvalue weighted by Crippen LogP contribution is 2.22. The number of nitrogens with zero attached hydrogens (tertiary/aromatic N) is 2. The summed E-state index contributed by atoms with van der Waals surface area (Å²) >= 11 is 0. The molecule has 1 N–H and O–H groups in total. The lowest BCUT2D eigenvalue weighted by atomic mass is 10.3. The molecule has 0 spiro atoms. The minimum atomic E-state index is -0.0822. The Kier molecular flexibility index (Phi) is 3.39. The molecule has 1 rings (SSSR count). The number of carbonyl (C=O) groups is 1. The van der Waals surface area contributed by atoms with Crippen LogP contribution in [0.3, 0.4) is 0 Å². The molecule has 0 unspecified atom stereocenters. The van der Waals surface area contributed by atoms with Gasteiger partial charge in [-0.05, 0) is 6.92 Å². The van der Waals surface area contributed by atoms with Crippen LogP contribution in [0.25, 0.3) is 0 Å². The number of amides is 1. The van der Waals surface area contributed by atoms with Gasteiger partial charge in [-0.3, -0.25) is 4.79 Å². The molecule has 0 saturated carbocycles. The molecular formula is C9H13N3O2. The molecule has 0 radical (unpaired) electrons. The monoisotopic (exact) mass is 195 g/mol. The van der Waals surface area contributed by atoms with Crippen LogP contribution in [0.4, 0.5) is 5.69 Å². The molecule has 0 atom stereocenters. The third kappa shape index (κ3) is 2.18. The predicted molar refractivity (Wildman–Crippen MR) is 52.2 cm³/mol. The number of rotatable bonds is 3. The van der Waals surface area contributed by atoms with Gasteiger partial charge in [0.05, 0.1) is 12.8 Å². The van der Waals surface area contributed by atoms with Crippen molar-refractivity contribution < 1.29 is 9.53 Å². The second-order valence-corrected chi connectivity index (χ2v) is 2.75. The maximum Gasteiger partial charge on any atom is 0.240 e. The molecule has 0 aromatic carbocycles. The Morgan fingerprint density at radius 1 is 1.57 bits per heavy atom. The number of anilines is 1. The van der Waals surface area contributed by atoms with Crippen molar-refractivity contribution in [3.05, 3.63) is 12.0 Å². The molecule has 0 saturated heterocycles. The minimum absolute atomic E-state index is 0.0822. The molecule has 0 aliphatic carbocycles. The summed E-state index contributed by atoms with van der Waals surface area (Å²) in [7, 11) is 1.50. The number of hydrogen-bond acceptors (Lipinski definition) is 4. The van der Waals surface area contributed by atoms with Gasteiger partial charge in [-0.15, -0.1) is 0 Å². The third-order valence-electron chi connectivity index (χ3n) is 1.78. The molecule has 1 aromatic rings. The van der Waals surface area contributed by atoms with Crippen molar-refractivity contribution in [1.29, 1.82) is 0 Å². The van der Waals surface area contributed by atoms with Crippen LogP contribution in [-0.4, -0.2) is 23.0 Å². The molecule has 1 aromatic heterocycles. The average Bonchev–Trinajstić information content (AvgIpc) is 2.20. The number of aryl methyl sites for hydroxylation is 1. The number of carbonyl (C=O) groups excluding carboxylic acids is 1. The smallest absolute Gasteiger partial charge is 0.240 e. The zero-order chi connectivity index (χ0) is 10.6. The van der Waals surface area contributed by atoms with E-state index in [1.54, 1.807) is 13.8 Å². The first-order chi connectivity index (χ1) is 6.69. The highest BCUT2D eigenvalue weighted by molar-refractivity contribution is 5.92. The van der Waals surface area contributed by atoms with Crippen LogP contribution in [0.2, 0.25) is 0 Å². The highest BCUT2D eigenvalue weighted by Gasteiger charge is 2.10. The van der Waals surface area contributed by atoms with Crippen LogP contribution in [0, 0.1) is 6.92 Å². The number of ether oxygens (including phenoxy) is 1. The summed E-state index contributed by atoms with van der Waals surface area (Å²) < 4.78 is 5.01. The summed E-state index contributed by atoms with van der Waals surface area (Å²) in [5, 5.41) is 2.69. The lowest BCUT2D eigenvalue weighted by molar-refractivity contribution is -0.115. The SMILES string of the molecule is CCC(=O)Nc1c(C)ncnc1OC. The second-order valence-electron chi connectivity index (χ2n) is 2.75. The molecule has 5 heteroatoms. The lowest BCUT2D eigenvalue weighted by Crippen LogP contribution is -2.12. The fourth-order valence-corrected chi connectivity index (χ4v) is 0.978. The van der Waals surface area contributed by atoms with E-state index < -0.39 is 0 Å². The Hall–Kier alpha value is -1.65. The summed E-state index contributed by atoms with van der Waals surface area (Å²) in [6.07, 6.45) is 1.81. The normalized spacial score (nSPS) is 9.64. The van der Waals surface area contributed by atoms with E-state index in [-0.39, 0.29) is 5.91 Å². The molecule has 0 aliphatic heterocycles. The number of methoxy groups -OCH3 is 1. The summed E-state index contributed by atoms with van der Waals surface area (Å²) in [4.78, 5) is 19.0. The minimum Gasteiger partial charge on any atom is -0.479 e. The van der Waals surface area contributed by atoms with Gasteiger partial charge >= 0.3 is 0 Å². The van der Waals surface area contributed by atoms with Gasteiger partial charge in [-0.2, -0.15) is 4.98 Å². The maximum absolute atomic E-state index is 11.2. The van der Waals surface area contributed by atoms with Crippen molar-refractivity contribution in [2.45, 2.75) is 20.3 Å².